The number of thiophene rings is 1. The smallest absolute Gasteiger partial charge is 0.130 e. The summed E-state index contributed by atoms with van der Waals surface area (Å²) in [5, 5.41) is 12.7. The van der Waals surface area contributed by atoms with Gasteiger partial charge in [0.2, 0.25) is 0 Å². The van der Waals surface area contributed by atoms with Gasteiger partial charge in [0.15, 0.2) is 0 Å². The zero-order chi connectivity index (χ0) is 11.5. The molecule has 0 saturated heterocycles. The molecule has 2 nitrogen and oxygen atoms in total. The predicted octanol–water partition coefficient (Wildman–Crippen LogP) is 3.92. The third-order valence-electron chi connectivity index (χ3n) is 3.05. The molecular formula is C12H15BrN2S. The Morgan fingerprint density at radius 1 is 1.56 bits per heavy atom. The summed E-state index contributed by atoms with van der Waals surface area (Å²) in [6.07, 6.45) is 5.01. The van der Waals surface area contributed by atoms with Gasteiger partial charge in [-0.1, -0.05) is 12.8 Å². The molecule has 1 heterocycles. The minimum Gasteiger partial charge on any atom is -0.295 e. The first-order valence-electron chi connectivity index (χ1n) is 5.62. The Balaban J connectivity index is 2.07. The standard InChI is InChI=1S/C12H15BrN2S/c1-8-10(13)6-12(16-8)11(7-14)15-9-4-2-3-5-9/h6,9,11,15H,2-5H2,1H3. The second-order valence-corrected chi connectivity index (χ2v) is 6.41. The largest absolute Gasteiger partial charge is 0.295 e. The predicted molar refractivity (Wildman–Crippen MR) is 70.5 cm³/mol. The fourth-order valence-corrected chi connectivity index (χ4v) is 3.70. The quantitative estimate of drug-likeness (QED) is 0.918. The van der Waals surface area contributed by atoms with Crippen molar-refractivity contribution < 1.29 is 0 Å². The molecule has 1 aromatic rings. The van der Waals surface area contributed by atoms with Crippen molar-refractivity contribution in [2.24, 2.45) is 0 Å². The van der Waals surface area contributed by atoms with Gasteiger partial charge in [-0.2, -0.15) is 5.26 Å². The van der Waals surface area contributed by atoms with E-state index in [0.29, 0.717) is 6.04 Å². The van der Waals surface area contributed by atoms with Crippen LogP contribution in [0.15, 0.2) is 10.5 Å². The number of hydrogen-bond donors (Lipinski definition) is 1. The Bertz CT molecular complexity index is 382. The first kappa shape index (κ1) is 12.1. The zero-order valence-corrected chi connectivity index (χ0v) is 11.7. The van der Waals surface area contributed by atoms with Gasteiger partial charge in [0, 0.05) is 20.3 Å². The van der Waals surface area contributed by atoms with Crippen LogP contribution in [0, 0.1) is 18.3 Å². The van der Waals surface area contributed by atoms with Crippen LogP contribution in [0.3, 0.4) is 0 Å². The molecule has 1 aromatic heterocycles. The van der Waals surface area contributed by atoms with Crippen molar-refractivity contribution in [3.8, 4) is 6.07 Å². The lowest BCUT2D eigenvalue weighted by molar-refractivity contribution is 0.496. The lowest BCUT2D eigenvalue weighted by Gasteiger charge is -2.15. The third kappa shape index (κ3) is 2.65. The van der Waals surface area contributed by atoms with Crippen LogP contribution in [0.5, 0.6) is 0 Å². The SMILES string of the molecule is Cc1sc(C(C#N)NC2CCCC2)cc1Br. The highest BCUT2D eigenvalue weighted by Crippen LogP contribution is 2.31. The average molecular weight is 299 g/mol. The summed E-state index contributed by atoms with van der Waals surface area (Å²) in [6.45, 7) is 2.07. The molecular weight excluding hydrogens is 284 g/mol. The Hall–Kier alpha value is -0.370. The van der Waals surface area contributed by atoms with Crippen LogP contribution in [0.1, 0.15) is 41.5 Å². The minimum absolute atomic E-state index is 0.141. The van der Waals surface area contributed by atoms with E-state index in [1.165, 1.54) is 30.6 Å². The van der Waals surface area contributed by atoms with Crippen LogP contribution in [-0.2, 0) is 0 Å². The molecule has 1 saturated carbocycles. The first-order chi connectivity index (χ1) is 7.70. The van der Waals surface area contributed by atoms with Crippen molar-refractivity contribution in [1.29, 1.82) is 5.26 Å². The number of nitrogens with zero attached hydrogens (tertiary/aromatic N) is 1. The third-order valence-corrected chi connectivity index (χ3v) is 5.25. The van der Waals surface area contributed by atoms with Crippen LogP contribution in [-0.4, -0.2) is 6.04 Å². The van der Waals surface area contributed by atoms with E-state index < -0.39 is 0 Å². The summed E-state index contributed by atoms with van der Waals surface area (Å²) >= 11 is 5.20. The van der Waals surface area contributed by atoms with Crippen molar-refractivity contribution in [2.45, 2.75) is 44.7 Å². The Morgan fingerprint density at radius 2 is 2.25 bits per heavy atom. The Morgan fingerprint density at radius 3 is 2.75 bits per heavy atom. The van der Waals surface area contributed by atoms with Gasteiger partial charge in [0.25, 0.3) is 0 Å². The summed E-state index contributed by atoms with van der Waals surface area (Å²) < 4.78 is 1.11. The maximum Gasteiger partial charge on any atom is 0.130 e. The number of aryl methyl sites for hydroxylation is 1. The van der Waals surface area contributed by atoms with Gasteiger partial charge in [0.1, 0.15) is 6.04 Å². The van der Waals surface area contributed by atoms with Crippen molar-refractivity contribution in [1.82, 2.24) is 5.32 Å². The molecule has 1 aliphatic carbocycles. The van der Waals surface area contributed by atoms with Gasteiger partial charge in [-0.3, -0.25) is 5.32 Å². The van der Waals surface area contributed by atoms with Gasteiger partial charge >= 0.3 is 0 Å². The first-order valence-corrected chi connectivity index (χ1v) is 7.23. The fraction of sp³-hybridized carbons (Fsp3) is 0.583. The summed E-state index contributed by atoms with van der Waals surface area (Å²) in [5.41, 5.74) is 0. The second kappa shape index (κ2) is 5.31. The van der Waals surface area contributed by atoms with Gasteiger partial charge < -0.3 is 0 Å². The number of nitrogens with one attached hydrogen (secondary N) is 1. The number of rotatable bonds is 3. The lowest BCUT2D eigenvalue weighted by atomic mass is 10.2. The minimum atomic E-state index is -0.141. The van der Waals surface area contributed by atoms with Crippen molar-refractivity contribution in [3.05, 3.63) is 20.3 Å². The van der Waals surface area contributed by atoms with Gasteiger partial charge in [-0.25, -0.2) is 0 Å². The van der Waals surface area contributed by atoms with E-state index >= 15 is 0 Å². The molecule has 0 bridgehead atoms. The van der Waals surface area contributed by atoms with Crippen LogP contribution < -0.4 is 5.32 Å². The highest BCUT2D eigenvalue weighted by atomic mass is 79.9. The Kier molecular flexibility index (Phi) is 4.01. The van der Waals surface area contributed by atoms with Crippen molar-refractivity contribution >= 4 is 27.3 Å². The summed E-state index contributed by atoms with van der Waals surface area (Å²) in [7, 11) is 0. The highest BCUT2D eigenvalue weighted by molar-refractivity contribution is 9.10. The fourth-order valence-electron chi connectivity index (χ4n) is 2.13. The molecule has 1 aliphatic rings. The van der Waals surface area contributed by atoms with E-state index in [2.05, 4.69) is 40.3 Å². The van der Waals surface area contributed by atoms with Crippen LogP contribution >= 0.6 is 27.3 Å². The zero-order valence-electron chi connectivity index (χ0n) is 9.29. The van der Waals surface area contributed by atoms with Crippen LogP contribution in [0.4, 0.5) is 0 Å². The maximum atomic E-state index is 9.22. The highest BCUT2D eigenvalue weighted by Gasteiger charge is 2.21. The van der Waals surface area contributed by atoms with E-state index in [0.717, 1.165) is 9.35 Å². The van der Waals surface area contributed by atoms with Gasteiger partial charge in [-0.05, 0) is 41.8 Å². The topological polar surface area (TPSA) is 35.8 Å². The van der Waals surface area contributed by atoms with Gasteiger partial charge in [0.05, 0.1) is 6.07 Å². The molecule has 86 valence electrons. The van der Waals surface area contributed by atoms with E-state index in [-0.39, 0.29) is 6.04 Å². The number of hydrogen-bond acceptors (Lipinski definition) is 3. The molecule has 1 unspecified atom stereocenters. The maximum absolute atomic E-state index is 9.22. The van der Waals surface area contributed by atoms with E-state index in [1.54, 1.807) is 11.3 Å². The van der Waals surface area contributed by atoms with Crippen LogP contribution in [0.2, 0.25) is 0 Å². The summed E-state index contributed by atoms with van der Waals surface area (Å²) in [5.74, 6) is 0. The summed E-state index contributed by atoms with van der Waals surface area (Å²) in [6, 6.07) is 4.82. The molecule has 2 rings (SSSR count). The molecule has 0 aliphatic heterocycles. The normalized spacial score (nSPS) is 18.6. The van der Waals surface area contributed by atoms with E-state index in [1.807, 2.05) is 0 Å². The van der Waals surface area contributed by atoms with Gasteiger partial charge in [-0.15, -0.1) is 11.3 Å². The molecule has 16 heavy (non-hydrogen) atoms. The average Bonchev–Trinajstić information content (AvgIpc) is 2.86. The Labute approximate surface area is 109 Å². The molecule has 0 amide bonds. The van der Waals surface area contributed by atoms with E-state index in [4.69, 9.17) is 0 Å². The molecule has 0 spiro atoms. The summed E-state index contributed by atoms with van der Waals surface area (Å²) in [4.78, 5) is 2.36. The van der Waals surface area contributed by atoms with Crippen molar-refractivity contribution in [3.63, 3.8) is 0 Å². The monoisotopic (exact) mass is 298 g/mol. The second-order valence-electron chi connectivity index (χ2n) is 4.26. The molecule has 0 aromatic carbocycles. The number of nitriles is 1. The molecule has 1 atom stereocenters. The van der Waals surface area contributed by atoms with Crippen molar-refractivity contribution in [2.75, 3.05) is 0 Å². The molecule has 4 heteroatoms. The van der Waals surface area contributed by atoms with Crippen LogP contribution in [0.25, 0.3) is 0 Å². The molecule has 1 N–H and O–H groups in total. The van der Waals surface area contributed by atoms with E-state index in [9.17, 15) is 5.26 Å². The molecule has 1 fully saturated rings. The number of halogens is 1. The lowest BCUT2D eigenvalue weighted by Crippen LogP contribution is -2.29. The molecule has 0 radical (unpaired) electrons.